The van der Waals surface area contributed by atoms with E-state index < -0.39 is 0 Å². The monoisotopic (exact) mass is 321 g/mol. The average molecular weight is 322 g/mol. The molecule has 0 saturated heterocycles. The number of nitrogens with zero attached hydrogens (tertiary/aromatic N) is 1. The molecule has 0 bridgehead atoms. The van der Waals surface area contributed by atoms with Crippen molar-refractivity contribution >= 4 is 27.5 Å². The first kappa shape index (κ1) is 13.7. The van der Waals surface area contributed by atoms with Crippen molar-refractivity contribution in [3.05, 3.63) is 63.9 Å². The van der Waals surface area contributed by atoms with Crippen LogP contribution in [0.15, 0.2) is 46.9 Å². The number of halogens is 2. The Bertz CT molecular complexity index is 610. The third-order valence-electron chi connectivity index (χ3n) is 2.92. The zero-order chi connectivity index (χ0) is 14.0. The van der Waals surface area contributed by atoms with Crippen LogP contribution in [-0.4, -0.2) is 13.0 Å². The summed E-state index contributed by atoms with van der Waals surface area (Å²) >= 11 is 3.40. The Morgan fingerprint density at radius 3 is 2.37 bits per heavy atom. The van der Waals surface area contributed by atoms with Gasteiger partial charge in [0.2, 0.25) is 0 Å². The second kappa shape index (κ2) is 5.53. The van der Waals surface area contributed by atoms with Crippen LogP contribution in [0.4, 0.5) is 10.1 Å². The molecule has 0 aromatic heterocycles. The predicted octanol–water partition coefficient (Wildman–Crippen LogP) is 4.17. The third-order valence-corrected chi connectivity index (χ3v) is 3.81. The molecule has 0 aliphatic carbocycles. The second-order valence-corrected chi connectivity index (χ2v) is 5.16. The number of anilines is 1. The van der Waals surface area contributed by atoms with Gasteiger partial charge in [-0.3, -0.25) is 4.79 Å². The lowest BCUT2D eigenvalue weighted by Gasteiger charge is -2.17. The quantitative estimate of drug-likeness (QED) is 0.812. The highest BCUT2D eigenvalue weighted by molar-refractivity contribution is 9.10. The summed E-state index contributed by atoms with van der Waals surface area (Å²) in [6.07, 6.45) is 0. The molecular formula is C15H13BrFNO. The number of benzene rings is 2. The van der Waals surface area contributed by atoms with Gasteiger partial charge >= 0.3 is 0 Å². The molecule has 4 heteroatoms. The van der Waals surface area contributed by atoms with Crippen LogP contribution in [0.2, 0.25) is 0 Å². The number of hydrogen-bond donors (Lipinski definition) is 0. The minimum Gasteiger partial charge on any atom is -0.311 e. The average Bonchev–Trinajstić information content (AvgIpc) is 2.41. The molecule has 98 valence electrons. The standard InChI is InChI=1S/C15H13BrFNO/c1-10-9-11(3-8-14(10)16)15(19)18(2)13-6-4-12(17)5-7-13/h3-9H,1-2H3. The van der Waals surface area contributed by atoms with E-state index in [4.69, 9.17) is 0 Å². The van der Waals surface area contributed by atoms with Gasteiger partial charge in [0.1, 0.15) is 5.82 Å². The van der Waals surface area contributed by atoms with Gasteiger partial charge in [0, 0.05) is 22.8 Å². The van der Waals surface area contributed by atoms with Gasteiger partial charge in [-0.2, -0.15) is 0 Å². The summed E-state index contributed by atoms with van der Waals surface area (Å²) in [5.41, 5.74) is 2.26. The Balaban J connectivity index is 2.28. The van der Waals surface area contributed by atoms with Crippen molar-refractivity contribution in [2.24, 2.45) is 0 Å². The molecule has 0 unspecified atom stereocenters. The fraction of sp³-hybridized carbons (Fsp3) is 0.133. The zero-order valence-electron chi connectivity index (χ0n) is 10.7. The fourth-order valence-electron chi connectivity index (χ4n) is 1.75. The Labute approximate surface area is 120 Å². The molecule has 0 fully saturated rings. The molecule has 0 saturated carbocycles. The molecule has 1 amide bonds. The van der Waals surface area contributed by atoms with E-state index in [0.717, 1.165) is 10.0 Å². The van der Waals surface area contributed by atoms with Crippen molar-refractivity contribution in [2.75, 3.05) is 11.9 Å². The molecule has 2 nitrogen and oxygen atoms in total. The Kier molecular flexibility index (Phi) is 4.00. The van der Waals surface area contributed by atoms with Gasteiger partial charge in [0.05, 0.1) is 0 Å². The summed E-state index contributed by atoms with van der Waals surface area (Å²) in [6, 6.07) is 11.3. The largest absolute Gasteiger partial charge is 0.311 e. The fourth-order valence-corrected chi connectivity index (χ4v) is 2.00. The SMILES string of the molecule is Cc1cc(C(=O)N(C)c2ccc(F)cc2)ccc1Br. The van der Waals surface area contributed by atoms with Gasteiger partial charge < -0.3 is 4.90 Å². The Hall–Kier alpha value is -1.68. The van der Waals surface area contributed by atoms with Crippen molar-refractivity contribution in [3.8, 4) is 0 Å². The van der Waals surface area contributed by atoms with Crippen LogP contribution in [0.5, 0.6) is 0 Å². The molecule has 0 N–H and O–H groups in total. The molecule has 0 aliphatic rings. The highest BCUT2D eigenvalue weighted by Crippen LogP contribution is 2.20. The van der Waals surface area contributed by atoms with Crippen LogP contribution in [0.1, 0.15) is 15.9 Å². The highest BCUT2D eigenvalue weighted by atomic mass is 79.9. The first-order chi connectivity index (χ1) is 8.99. The normalized spacial score (nSPS) is 10.3. The van der Waals surface area contributed by atoms with Gasteiger partial charge in [0.15, 0.2) is 0 Å². The van der Waals surface area contributed by atoms with E-state index in [1.54, 1.807) is 25.2 Å². The molecule has 0 atom stereocenters. The topological polar surface area (TPSA) is 20.3 Å². The number of carbonyl (C=O) groups excluding carboxylic acids is 1. The lowest BCUT2D eigenvalue weighted by Crippen LogP contribution is -2.26. The van der Waals surface area contributed by atoms with Crippen LogP contribution in [0.25, 0.3) is 0 Å². The van der Waals surface area contributed by atoms with Crippen molar-refractivity contribution in [2.45, 2.75) is 6.92 Å². The lowest BCUT2D eigenvalue weighted by molar-refractivity contribution is 0.0993. The van der Waals surface area contributed by atoms with Crippen LogP contribution < -0.4 is 4.90 Å². The van der Waals surface area contributed by atoms with Crippen molar-refractivity contribution < 1.29 is 9.18 Å². The minimum atomic E-state index is -0.316. The lowest BCUT2D eigenvalue weighted by atomic mass is 10.1. The summed E-state index contributed by atoms with van der Waals surface area (Å²) in [5.74, 6) is -0.439. The highest BCUT2D eigenvalue weighted by Gasteiger charge is 2.14. The van der Waals surface area contributed by atoms with Crippen LogP contribution >= 0.6 is 15.9 Å². The van der Waals surface area contributed by atoms with Gasteiger partial charge in [-0.25, -0.2) is 4.39 Å². The third kappa shape index (κ3) is 3.01. The molecule has 2 aromatic rings. The summed E-state index contributed by atoms with van der Waals surface area (Å²) < 4.78 is 13.8. The summed E-state index contributed by atoms with van der Waals surface area (Å²) in [7, 11) is 1.67. The van der Waals surface area contributed by atoms with Crippen LogP contribution in [-0.2, 0) is 0 Å². The second-order valence-electron chi connectivity index (χ2n) is 4.30. The van der Waals surface area contributed by atoms with Crippen LogP contribution in [0, 0.1) is 12.7 Å². The van der Waals surface area contributed by atoms with Gasteiger partial charge in [-0.15, -0.1) is 0 Å². The van der Waals surface area contributed by atoms with E-state index in [0.29, 0.717) is 11.3 Å². The summed E-state index contributed by atoms with van der Waals surface area (Å²) in [4.78, 5) is 13.8. The van der Waals surface area contributed by atoms with E-state index in [2.05, 4.69) is 15.9 Å². The van der Waals surface area contributed by atoms with E-state index >= 15 is 0 Å². The molecule has 0 heterocycles. The van der Waals surface area contributed by atoms with Crippen molar-refractivity contribution in [3.63, 3.8) is 0 Å². The van der Waals surface area contributed by atoms with E-state index in [-0.39, 0.29) is 11.7 Å². The molecule has 0 spiro atoms. The number of hydrogen-bond acceptors (Lipinski definition) is 1. The number of rotatable bonds is 2. The first-order valence-corrected chi connectivity index (χ1v) is 6.58. The smallest absolute Gasteiger partial charge is 0.258 e. The van der Waals surface area contributed by atoms with Gasteiger partial charge in [-0.05, 0) is 55.0 Å². The molecule has 2 rings (SSSR count). The van der Waals surface area contributed by atoms with Crippen molar-refractivity contribution in [1.29, 1.82) is 0 Å². The van der Waals surface area contributed by atoms with Gasteiger partial charge in [0.25, 0.3) is 5.91 Å². The van der Waals surface area contributed by atoms with E-state index in [9.17, 15) is 9.18 Å². The maximum absolute atomic E-state index is 12.9. The summed E-state index contributed by atoms with van der Waals surface area (Å²) in [6.45, 7) is 1.93. The first-order valence-electron chi connectivity index (χ1n) is 5.79. The summed E-state index contributed by atoms with van der Waals surface area (Å²) in [5, 5.41) is 0. The number of amides is 1. The predicted molar refractivity (Wildman–Crippen MR) is 78.0 cm³/mol. The molecule has 2 aromatic carbocycles. The Morgan fingerprint density at radius 1 is 1.16 bits per heavy atom. The van der Waals surface area contributed by atoms with E-state index in [1.807, 2.05) is 19.1 Å². The zero-order valence-corrected chi connectivity index (χ0v) is 12.2. The minimum absolute atomic E-state index is 0.123. The molecule has 0 radical (unpaired) electrons. The number of carbonyl (C=O) groups is 1. The molecular weight excluding hydrogens is 309 g/mol. The van der Waals surface area contributed by atoms with Gasteiger partial charge in [-0.1, -0.05) is 15.9 Å². The molecule has 0 aliphatic heterocycles. The van der Waals surface area contributed by atoms with Crippen molar-refractivity contribution in [1.82, 2.24) is 0 Å². The Morgan fingerprint density at radius 2 is 1.79 bits per heavy atom. The maximum Gasteiger partial charge on any atom is 0.258 e. The van der Waals surface area contributed by atoms with Crippen LogP contribution in [0.3, 0.4) is 0 Å². The number of aryl methyl sites for hydroxylation is 1. The maximum atomic E-state index is 12.9. The van der Waals surface area contributed by atoms with E-state index in [1.165, 1.54) is 17.0 Å². The molecule has 19 heavy (non-hydrogen) atoms.